The molecule has 1 N–H and O–H groups in total. The molecule has 0 aliphatic carbocycles. The number of ether oxygens (including phenoxy) is 1. The number of benzene rings is 1. The maximum atomic E-state index is 13.1. The van der Waals surface area contributed by atoms with Gasteiger partial charge in [0.05, 0.1) is 4.88 Å². The van der Waals surface area contributed by atoms with Crippen LogP contribution in [0.4, 0.5) is 13.6 Å². The standard InChI is InChI=1S/C22H22F2N4O5S/c1-22(14-4-6-15(7-5-14)33-20(23)24)19(31)28(21(32)25-22)13-17(29)26-8-10-27(11-9-26)18(30)16-3-2-12-34-16/h2-7,12,20H,8-11,13H2,1H3,(H,25,32). The molecule has 2 saturated heterocycles. The van der Waals surface area contributed by atoms with Crippen molar-refractivity contribution in [2.24, 2.45) is 0 Å². The third-order valence-electron chi connectivity index (χ3n) is 5.88. The Kier molecular flexibility index (Phi) is 6.51. The molecule has 180 valence electrons. The van der Waals surface area contributed by atoms with Crippen molar-refractivity contribution in [3.63, 3.8) is 0 Å². The maximum Gasteiger partial charge on any atom is 0.387 e. The number of urea groups is 1. The molecule has 0 bridgehead atoms. The Morgan fingerprint density at radius 3 is 2.32 bits per heavy atom. The molecule has 3 heterocycles. The Morgan fingerprint density at radius 2 is 1.74 bits per heavy atom. The van der Waals surface area contributed by atoms with Crippen LogP contribution in [0.5, 0.6) is 5.75 Å². The van der Waals surface area contributed by atoms with Crippen molar-refractivity contribution in [1.29, 1.82) is 0 Å². The smallest absolute Gasteiger partial charge is 0.387 e. The molecule has 12 heteroatoms. The Balaban J connectivity index is 1.37. The van der Waals surface area contributed by atoms with Crippen molar-refractivity contribution < 1.29 is 32.7 Å². The monoisotopic (exact) mass is 492 g/mol. The van der Waals surface area contributed by atoms with E-state index in [0.717, 1.165) is 4.90 Å². The first kappa shape index (κ1) is 23.6. The van der Waals surface area contributed by atoms with Gasteiger partial charge in [0.15, 0.2) is 0 Å². The van der Waals surface area contributed by atoms with E-state index in [0.29, 0.717) is 36.6 Å². The van der Waals surface area contributed by atoms with E-state index < -0.39 is 36.5 Å². The van der Waals surface area contributed by atoms with E-state index in [2.05, 4.69) is 10.1 Å². The van der Waals surface area contributed by atoms with Crippen LogP contribution in [-0.4, -0.2) is 77.8 Å². The largest absolute Gasteiger partial charge is 0.435 e. The summed E-state index contributed by atoms with van der Waals surface area (Å²) in [7, 11) is 0. The average molecular weight is 493 g/mol. The molecule has 2 aromatic rings. The van der Waals surface area contributed by atoms with Gasteiger partial charge >= 0.3 is 12.6 Å². The lowest BCUT2D eigenvalue weighted by Crippen LogP contribution is -2.53. The van der Waals surface area contributed by atoms with Crippen LogP contribution in [0.2, 0.25) is 0 Å². The molecule has 2 aliphatic rings. The lowest BCUT2D eigenvalue weighted by molar-refractivity contribution is -0.139. The van der Waals surface area contributed by atoms with Gasteiger partial charge in [0.1, 0.15) is 17.8 Å². The molecule has 0 radical (unpaired) electrons. The van der Waals surface area contributed by atoms with Crippen molar-refractivity contribution >= 4 is 35.1 Å². The summed E-state index contributed by atoms with van der Waals surface area (Å²) in [4.78, 5) is 55.5. The van der Waals surface area contributed by atoms with E-state index >= 15 is 0 Å². The van der Waals surface area contributed by atoms with Crippen LogP contribution < -0.4 is 10.1 Å². The van der Waals surface area contributed by atoms with Gasteiger partial charge in [-0.05, 0) is 36.1 Å². The van der Waals surface area contributed by atoms with Gasteiger partial charge in [-0.1, -0.05) is 18.2 Å². The van der Waals surface area contributed by atoms with Crippen LogP contribution in [0.3, 0.4) is 0 Å². The fraction of sp³-hybridized carbons (Fsp3) is 0.364. The quantitative estimate of drug-likeness (QED) is 0.623. The van der Waals surface area contributed by atoms with Gasteiger partial charge in [-0.3, -0.25) is 19.3 Å². The SMILES string of the molecule is CC1(c2ccc(OC(F)F)cc2)NC(=O)N(CC(=O)N2CCN(C(=O)c3cccs3)CC2)C1=O. The lowest BCUT2D eigenvalue weighted by atomic mass is 9.92. The van der Waals surface area contributed by atoms with Gasteiger partial charge < -0.3 is 19.9 Å². The highest BCUT2D eigenvalue weighted by Crippen LogP contribution is 2.30. The summed E-state index contributed by atoms with van der Waals surface area (Å²) >= 11 is 1.35. The van der Waals surface area contributed by atoms with Gasteiger partial charge in [-0.2, -0.15) is 8.78 Å². The van der Waals surface area contributed by atoms with E-state index in [1.54, 1.807) is 17.0 Å². The number of thiophene rings is 1. The van der Waals surface area contributed by atoms with Crippen LogP contribution in [0.1, 0.15) is 22.2 Å². The number of imide groups is 1. The van der Waals surface area contributed by atoms with Crippen LogP contribution in [0, 0.1) is 0 Å². The number of carbonyl (C=O) groups is 4. The van der Waals surface area contributed by atoms with E-state index in [1.807, 2.05) is 5.38 Å². The Labute approximate surface area is 197 Å². The first-order valence-corrected chi connectivity index (χ1v) is 11.4. The molecular formula is C22H22F2N4O5S. The molecule has 2 aliphatic heterocycles. The van der Waals surface area contributed by atoms with Crippen LogP contribution in [0.15, 0.2) is 41.8 Å². The lowest BCUT2D eigenvalue weighted by Gasteiger charge is -2.35. The molecule has 1 atom stereocenters. The van der Waals surface area contributed by atoms with Crippen molar-refractivity contribution in [2.75, 3.05) is 32.7 Å². The zero-order valence-electron chi connectivity index (χ0n) is 18.2. The van der Waals surface area contributed by atoms with E-state index in [-0.39, 0.29) is 11.7 Å². The minimum atomic E-state index is -2.98. The second kappa shape index (κ2) is 9.37. The van der Waals surface area contributed by atoms with E-state index in [1.165, 1.54) is 47.4 Å². The van der Waals surface area contributed by atoms with E-state index in [9.17, 15) is 28.0 Å². The first-order valence-electron chi connectivity index (χ1n) is 10.5. The number of hydrogen-bond acceptors (Lipinski definition) is 6. The van der Waals surface area contributed by atoms with Crippen LogP contribution >= 0.6 is 11.3 Å². The third-order valence-corrected chi connectivity index (χ3v) is 6.73. The number of alkyl halides is 2. The average Bonchev–Trinajstić information content (AvgIpc) is 3.43. The predicted molar refractivity (Wildman–Crippen MR) is 117 cm³/mol. The van der Waals surface area contributed by atoms with Gasteiger partial charge in [0, 0.05) is 26.2 Å². The normalized spacial score (nSPS) is 20.6. The molecule has 0 saturated carbocycles. The number of halogens is 2. The molecule has 0 spiro atoms. The van der Waals surface area contributed by atoms with Crippen molar-refractivity contribution in [1.82, 2.24) is 20.0 Å². The number of carbonyl (C=O) groups excluding carboxylic acids is 4. The second-order valence-corrected chi connectivity index (χ2v) is 8.95. The minimum absolute atomic E-state index is 0.0807. The highest BCUT2D eigenvalue weighted by Gasteiger charge is 2.49. The summed E-state index contributed by atoms with van der Waals surface area (Å²) in [6.07, 6.45) is 0. The fourth-order valence-corrected chi connectivity index (χ4v) is 4.65. The van der Waals surface area contributed by atoms with Gasteiger partial charge in [-0.25, -0.2) is 4.79 Å². The summed E-state index contributed by atoms with van der Waals surface area (Å²) < 4.78 is 29.0. The summed E-state index contributed by atoms with van der Waals surface area (Å²) in [6, 6.07) is 8.19. The topological polar surface area (TPSA) is 99.3 Å². The Morgan fingerprint density at radius 1 is 1.09 bits per heavy atom. The van der Waals surface area contributed by atoms with Crippen LogP contribution in [0.25, 0.3) is 0 Å². The summed E-state index contributed by atoms with van der Waals surface area (Å²) in [5.41, 5.74) is -1.09. The Hall–Kier alpha value is -3.54. The zero-order chi connectivity index (χ0) is 24.5. The number of amides is 5. The maximum absolute atomic E-state index is 13.1. The zero-order valence-corrected chi connectivity index (χ0v) is 19.0. The molecule has 4 rings (SSSR count). The number of piperazine rings is 1. The van der Waals surface area contributed by atoms with Gasteiger partial charge in [0.25, 0.3) is 11.8 Å². The molecule has 2 fully saturated rings. The molecule has 5 amide bonds. The summed E-state index contributed by atoms with van der Waals surface area (Å²) in [6.45, 7) is -0.640. The third kappa shape index (κ3) is 4.58. The molecule has 1 aromatic carbocycles. The van der Waals surface area contributed by atoms with Crippen molar-refractivity contribution in [3.8, 4) is 5.75 Å². The minimum Gasteiger partial charge on any atom is -0.435 e. The molecule has 9 nitrogen and oxygen atoms in total. The van der Waals surface area contributed by atoms with Crippen molar-refractivity contribution in [2.45, 2.75) is 19.1 Å². The molecule has 1 aromatic heterocycles. The number of rotatable bonds is 6. The number of hydrogen-bond donors (Lipinski definition) is 1. The van der Waals surface area contributed by atoms with Gasteiger partial charge in [-0.15, -0.1) is 11.3 Å². The first-order chi connectivity index (χ1) is 16.2. The molecular weight excluding hydrogens is 470 g/mol. The number of nitrogens with one attached hydrogen (secondary N) is 1. The highest BCUT2D eigenvalue weighted by atomic mass is 32.1. The summed E-state index contributed by atoms with van der Waals surface area (Å²) in [5, 5.41) is 4.40. The van der Waals surface area contributed by atoms with Crippen LogP contribution in [-0.2, 0) is 15.1 Å². The van der Waals surface area contributed by atoms with Crippen molar-refractivity contribution in [3.05, 3.63) is 52.2 Å². The Bertz CT molecular complexity index is 1090. The predicted octanol–water partition coefficient (Wildman–Crippen LogP) is 2.10. The van der Waals surface area contributed by atoms with E-state index in [4.69, 9.17) is 0 Å². The highest BCUT2D eigenvalue weighted by molar-refractivity contribution is 7.12. The van der Waals surface area contributed by atoms with Gasteiger partial charge in [0.2, 0.25) is 5.91 Å². The number of nitrogens with zero attached hydrogens (tertiary/aromatic N) is 3. The molecule has 1 unspecified atom stereocenters. The fourth-order valence-electron chi connectivity index (χ4n) is 3.96. The molecule has 34 heavy (non-hydrogen) atoms. The second-order valence-electron chi connectivity index (χ2n) is 8.00. The summed E-state index contributed by atoms with van der Waals surface area (Å²) in [5.74, 6) is -1.20.